The molecule has 0 radical (unpaired) electrons. The van der Waals surface area contributed by atoms with Crippen LogP contribution in [0.3, 0.4) is 0 Å². The van der Waals surface area contributed by atoms with E-state index in [1.165, 1.54) is 25.7 Å². The predicted molar refractivity (Wildman–Crippen MR) is 146 cm³/mol. The molecule has 0 aliphatic heterocycles. The van der Waals surface area contributed by atoms with E-state index in [0.717, 1.165) is 79.2 Å². The van der Waals surface area contributed by atoms with Crippen molar-refractivity contribution < 1.29 is 24.2 Å². The maximum Gasteiger partial charge on any atom is 0.119 e. The summed E-state index contributed by atoms with van der Waals surface area (Å²) < 4.78 is 12.5. The monoisotopic (exact) mass is 500 g/mol. The van der Waals surface area contributed by atoms with Gasteiger partial charge in [-0.2, -0.15) is 10.2 Å². The van der Waals surface area contributed by atoms with E-state index in [1.54, 1.807) is 0 Å². The van der Waals surface area contributed by atoms with Gasteiger partial charge in [0.25, 0.3) is 0 Å². The molecule has 0 fully saturated rings. The minimum absolute atomic E-state index is 0.256. The average Bonchev–Trinajstić information content (AvgIpc) is 2.88. The standard InChI is InChI=1S/C29H46N3O4/c1-32(2,21-23-34)20-8-4-3-6-10-24-35-28-16-12-26(13-17-28)30-31-27-14-18-29(19-15-27)36-25-11-7-5-9-22-33/h12-19,33-34H,3-11,20-25H2,1-2H3/q+1. The van der Waals surface area contributed by atoms with E-state index in [4.69, 9.17) is 19.7 Å². The molecule has 0 saturated carbocycles. The number of benzene rings is 2. The zero-order valence-electron chi connectivity index (χ0n) is 22.3. The van der Waals surface area contributed by atoms with Crippen molar-refractivity contribution in [2.75, 3.05) is 53.6 Å². The van der Waals surface area contributed by atoms with E-state index in [1.807, 2.05) is 48.5 Å². The Bertz CT molecular complexity index is 839. The van der Waals surface area contributed by atoms with Crippen LogP contribution in [0.1, 0.15) is 57.8 Å². The highest BCUT2D eigenvalue weighted by Crippen LogP contribution is 2.23. The second-order valence-corrected chi connectivity index (χ2v) is 9.90. The van der Waals surface area contributed by atoms with Gasteiger partial charge in [-0.3, -0.25) is 0 Å². The first-order valence-corrected chi connectivity index (χ1v) is 13.4. The molecule has 36 heavy (non-hydrogen) atoms. The number of ether oxygens (including phenoxy) is 2. The van der Waals surface area contributed by atoms with E-state index in [-0.39, 0.29) is 13.2 Å². The number of aliphatic hydroxyl groups is 2. The fourth-order valence-corrected chi connectivity index (χ4v) is 3.84. The lowest BCUT2D eigenvalue weighted by atomic mass is 10.1. The number of hydrogen-bond acceptors (Lipinski definition) is 6. The van der Waals surface area contributed by atoms with Crippen LogP contribution in [-0.2, 0) is 0 Å². The Morgan fingerprint density at radius 1 is 0.556 bits per heavy atom. The Kier molecular flexibility index (Phi) is 14.8. The molecule has 0 amide bonds. The molecule has 7 nitrogen and oxygen atoms in total. The van der Waals surface area contributed by atoms with E-state index in [9.17, 15) is 0 Å². The lowest BCUT2D eigenvalue weighted by molar-refractivity contribution is -0.890. The molecule has 0 saturated heterocycles. The molecule has 0 unspecified atom stereocenters. The van der Waals surface area contributed by atoms with Crippen molar-refractivity contribution in [3.63, 3.8) is 0 Å². The first-order chi connectivity index (χ1) is 17.5. The van der Waals surface area contributed by atoms with Crippen molar-refractivity contribution in [3.8, 4) is 11.5 Å². The third-order valence-corrected chi connectivity index (χ3v) is 6.16. The maximum absolute atomic E-state index is 9.09. The number of rotatable bonds is 20. The second-order valence-electron chi connectivity index (χ2n) is 9.90. The van der Waals surface area contributed by atoms with Gasteiger partial charge in [-0.15, -0.1) is 0 Å². The van der Waals surface area contributed by atoms with Crippen LogP contribution in [0.25, 0.3) is 0 Å². The van der Waals surface area contributed by atoms with Crippen LogP contribution in [-0.4, -0.2) is 68.3 Å². The maximum atomic E-state index is 9.09. The van der Waals surface area contributed by atoms with Crippen LogP contribution < -0.4 is 9.47 Å². The van der Waals surface area contributed by atoms with Crippen molar-refractivity contribution in [1.29, 1.82) is 0 Å². The summed E-state index contributed by atoms with van der Waals surface area (Å²) in [5.74, 6) is 1.69. The summed E-state index contributed by atoms with van der Waals surface area (Å²) in [6, 6.07) is 15.3. The van der Waals surface area contributed by atoms with Crippen molar-refractivity contribution in [2.45, 2.75) is 57.8 Å². The Morgan fingerprint density at radius 2 is 1.00 bits per heavy atom. The minimum Gasteiger partial charge on any atom is -0.494 e. The zero-order chi connectivity index (χ0) is 25.9. The summed E-state index contributed by atoms with van der Waals surface area (Å²) in [5.41, 5.74) is 1.56. The molecule has 2 rings (SSSR count). The molecular formula is C29H46N3O4+. The van der Waals surface area contributed by atoms with Crippen LogP contribution in [0.2, 0.25) is 0 Å². The first kappa shape index (κ1) is 29.7. The summed E-state index contributed by atoms with van der Waals surface area (Å²) in [5, 5.41) is 26.5. The number of azo groups is 1. The quantitative estimate of drug-likeness (QED) is 0.125. The Labute approximate surface area is 217 Å². The number of nitrogens with zero attached hydrogens (tertiary/aromatic N) is 3. The molecule has 0 spiro atoms. The molecule has 0 heterocycles. The highest BCUT2D eigenvalue weighted by molar-refractivity contribution is 5.44. The number of hydrogen-bond donors (Lipinski definition) is 2. The Hall–Kier alpha value is -2.48. The summed E-state index contributed by atoms with van der Waals surface area (Å²) in [4.78, 5) is 0. The van der Waals surface area contributed by atoms with Crippen molar-refractivity contribution >= 4 is 11.4 Å². The number of unbranched alkanes of at least 4 members (excludes halogenated alkanes) is 7. The summed E-state index contributed by atoms with van der Waals surface area (Å²) >= 11 is 0. The van der Waals surface area contributed by atoms with Crippen molar-refractivity contribution in [1.82, 2.24) is 0 Å². The van der Waals surface area contributed by atoms with Gasteiger partial charge in [0.05, 0.1) is 51.8 Å². The van der Waals surface area contributed by atoms with E-state index in [2.05, 4.69) is 24.3 Å². The third kappa shape index (κ3) is 13.6. The molecule has 0 aliphatic rings. The van der Waals surface area contributed by atoms with E-state index < -0.39 is 0 Å². The smallest absolute Gasteiger partial charge is 0.119 e. The number of likely N-dealkylation sites (N-methyl/N-ethyl adjacent to an activating group) is 1. The Balaban J connectivity index is 1.59. The highest BCUT2D eigenvalue weighted by atomic mass is 16.5. The van der Waals surface area contributed by atoms with Crippen LogP contribution in [0.5, 0.6) is 11.5 Å². The topological polar surface area (TPSA) is 83.6 Å². The lowest BCUT2D eigenvalue weighted by Crippen LogP contribution is -2.42. The second kappa shape index (κ2) is 17.9. The normalized spacial score (nSPS) is 11.8. The molecule has 2 aromatic carbocycles. The van der Waals surface area contributed by atoms with Gasteiger partial charge in [0, 0.05) is 6.61 Å². The largest absolute Gasteiger partial charge is 0.494 e. The average molecular weight is 501 g/mol. The lowest BCUT2D eigenvalue weighted by Gasteiger charge is -2.28. The number of quaternary nitrogens is 1. The van der Waals surface area contributed by atoms with Gasteiger partial charge >= 0.3 is 0 Å². The molecule has 0 aromatic heterocycles. The van der Waals surface area contributed by atoms with Gasteiger partial charge in [-0.1, -0.05) is 19.3 Å². The molecule has 7 heteroatoms. The minimum atomic E-state index is 0.256. The fourth-order valence-electron chi connectivity index (χ4n) is 3.84. The summed E-state index contributed by atoms with van der Waals surface area (Å²) in [6.45, 7) is 3.88. The zero-order valence-corrected chi connectivity index (χ0v) is 22.3. The first-order valence-electron chi connectivity index (χ1n) is 13.4. The molecule has 0 aliphatic carbocycles. The summed E-state index contributed by atoms with van der Waals surface area (Å²) in [7, 11) is 4.35. The SMILES string of the molecule is C[N+](C)(CCO)CCCCCCCOc1ccc(N=Nc2ccc(OCCCCCCO)cc2)cc1. The van der Waals surface area contributed by atoms with Gasteiger partial charge in [0.15, 0.2) is 0 Å². The number of aliphatic hydroxyl groups excluding tert-OH is 2. The Morgan fingerprint density at radius 3 is 1.47 bits per heavy atom. The van der Waals surface area contributed by atoms with Gasteiger partial charge < -0.3 is 24.2 Å². The third-order valence-electron chi connectivity index (χ3n) is 6.16. The van der Waals surface area contributed by atoms with Gasteiger partial charge in [0.1, 0.15) is 18.0 Å². The predicted octanol–water partition coefficient (Wildman–Crippen LogP) is 6.43. The van der Waals surface area contributed by atoms with Crippen molar-refractivity contribution in [3.05, 3.63) is 48.5 Å². The molecule has 2 N–H and O–H groups in total. The van der Waals surface area contributed by atoms with Gasteiger partial charge in [-0.25, -0.2) is 0 Å². The molecule has 0 atom stereocenters. The van der Waals surface area contributed by atoms with E-state index >= 15 is 0 Å². The van der Waals surface area contributed by atoms with Crippen molar-refractivity contribution in [2.24, 2.45) is 10.2 Å². The highest BCUT2D eigenvalue weighted by Gasteiger charge is 2.12. The molecule has 0 bridgehead atoms. The molecule has 200 valence electrons. The van der Waals surface area contributed by atoms with Gasteiger partial charge in [-0.05, 0) is 87.1 Å². The molecule has 2 aromatic rings. The van der Waals surface area contributed by atoms with E-state index in [0.29, 0.717) is 6.61 Å². The molecular weight excluding hydrogens is 454 g/mol. The van der Waals surface area contributed by atoms with Crippen LogP contribution >= 0.6 is 0 Å². The van der Waals surface area contributed by atoms with Crippen LogP contribution in [0, 0.1) is 0 Å². The van der Waals surface area contributed by atoms with Gasteiger partial charge in [0.2, 0.25) is 0 Å². The summed E-state index contributed by atoms with van der Waals surface area (Å²) in [6.07, 6.45) is 9.85. The van der Waals surface area contributed by atoms with Crippen LogP contribution in [0.4, 0.5) is 11.4 Å². The fraction of sp³-hybridized carbons (Fsp3) is 0.586. The van der Waals surface area contributed by atoms with Crippen LogP contribution in [0.15, 0.2) is 58.8 Å².